The zero-order chi connectivity index (χ0) is 15.4. The van der Waals surface area contributed by atoms with Gasteiger partial charge in [-0.1, -0.05) is 12.1 Å². The van der Waals surface area contributed by atoms with Gasteiger partial charge in [0.2, 0.25) is 5.89 Å². The molecule has 0 radical (unpaired) electrons. The summed E-state index contributed by atoms with van der Waals surface area (Å²) in [4.78, 5) is 16.1. The molecule has 1 fully saturated rings. The minimum Gasteiger partial charge on any atom is -0.454 e. The second-order valence-electron chi connectivity index (χ2n) is 5.29. The van der Waals surface area contributed by atoms with Crippen LogP contribution in [0.1, 0.15) is 25.7 Å². The van der Waals surface area contributed by atoms with E-state index < -0.39 is 12.1 Å². The van der Waals surface area contributed by atoms with Crippen LogP contribution in [0.4, 0.5) is 0 Å². The maximum Gasteiger partial charge on any atom is 0.335 e. The van der Waals surface area contributed by atoms with Gasteiger partial charge >= 0.3 is 5.97 Å². The number of ether oxygens (including phenoxy) is 3. The van der Waals surface area contributed by atoms with Crippen LogP contribution >= 0.6 is 0 Å². The van der Waals surface area contributed by atoms with Crippen LogP contribution in [0.15, 0.2) is 28.7 Å². The number of hydrogen-bond donors (Lipinski definition) is 0. The summed E-state index contributed by atoms with van der Waals surface area (Å²) in [7, 11) is 0. The summed E-state index contributed by atoms with van der Waals surface area (Å²) in [6.07, 6.45) is 1.48. The first-order chi connectivity index (χ1) is 10.7. The molecule has 118 valence electrons. The van der Waals surface area contributed by atoms with Crippen molar-refractivity contribution in [3.05, 3.63) is 30.2 Å². The average molecular weight is 305 g/mol. The molecule has 1 aliphatic rings. The van der Waals surface area contributed by atoms with Crippen molar-refractivity contribution < 1.29 is 23.4 Å². The van der Waals surface area contributed by atoms with Gasteiger partial charge in [-0.15, -0.1) is 0 Å². The van der Waals surface area contributed by atoms with Gasteiger partial charge in [0, 0.05) is 6.61 Å². The van der Waals surface area contributed by atoms with Crippen molar-refractivity contribution in [3.63, 3.8) is 0 Å². The van der Waals surface area contributed by atoms with E-state index in [0.717, 1.165) is 25.0 Å². The molecule has 1 saturated heterocycles. The Bertz CT molecular complexity index is 599. The zero-order valence-electron chi connectivity index (χ0n) is 12.5. The van der Waals surface area contributed by atoms with Crippen LogP contribution in [-0.4, -0.2) is 36.4 Å². The Kier molecular flexibility index (Phi) is 4.70. The van der Waals surface area contributed by atoms with Gasteiger partial charge in [0.05, 0.1) is 12.7 Å². The molecule has 1 aromatic heterocycles. The Hall–Kier alpha value is -1.92. The van der Waals surface area contributed by atoms with E-state index in [9.17, 15) is 4.79 Å². The molecule has 2 unspecified atom stereocenters. The largest absolute Gasteiger partial charge is 0.454 e. The molecule has 6 heteroatoms. The maximum atomic E-state index is 11.9. The third-order valence-corrected chi connectivity index (χ3v) is 3.56. The van der Waals surface area contributed by atoms with Crippen molar-refractivity contribution in [2.24, 2.45) is 0 Å². The number of nitrogens with zero attached hydrogens (tertiary/aromatic N) is 1. The SMILES string of the molecule is CC(OCC1CCCO1)C(=O)OCc1nc2ccccc2o1. The van der Waals surface area contributed by atoms with Gasteiger partial charge in [-0.2, -0.15) is 0 Å². The maximum absolute atomic E-state index is 11.9. The third kappa shape index (κ3) is 3.64. The minimum atomic E-state index is -0.631. The average Bonchev–Trinajstić information content (AvgIpc) is 3.18. The summed E-state index contributed by atoms with van der Waals surface area (Å²) in [5, 5.41) is 0. The number of aromatic nitrogens is 1. The number of rotatable bonds is 6. The van der Waals surface area contributed by atoms with Crippen LogP contribution in [0.2, 0.25) is 0 Å². The molecule has 0 N–H and O–H groups in total. The number of fused-ring (bicyclic) bond motifs is 1. The quantitative estimate of drug-likeness (QED) is 0.763. The van der Waals surface area contributed by atoms with Crippen molar-refractivity contribution >= 4 is 17.1 Å². The zero-order valence-corrected chi connectivity index (χ0v) is 12.5. The summed E-state index contributed by atoms with van der Waals surface area (Å²) in [6.45, 7) is 2.86. The first-order valence-electron chi connectivity index (χ1n) is 7.46. The standard InChI is InChI=1S/C16H19NO5/c1-11(20-9-12-5-4-8-19-12)16(18)21-10-15-17-13-6-2-3-7-14(13)22-15/h2-3,6-7,11-12H,4-5,8-10H2,1H3. The summed E-state index contributed by atoms with van der Waals surface area (Å²) in [6, 6.07) is 7.41. The van der Waals surface area contributed by atoms with E-state index in [2.05, 4.69) is 4.98 Å². The smallest absolute Gasteiger partial charge is 0.335 e. The molecule has 0 amide bonds. The fourth-order valence-corrected chi connectivity index (χ4v) is 2.33. The number of benzene rings is 1. The van der Waals surface area contributed by atoms with E-state index in [4.69, 9.17) is 18.6 Å². The van der Waals surface area contributed by atoms with E-state index in [1.807, 2.05) is 24.3 Å². The molecular weight excluding hydrogens is 286 g/mol. The highest BCUT2D eigenvalue weighted by Gasteiger charge is 2.21. The Morgan fingerprint density at radius 1 is 1.45 bits per heavy atom. The predicted molar refractivity (Wildman–Crippen MR) is 78.2 cm³/mol. The van der Waals surface area contributed by atoms with Gasteiger partial charge in [-0.05, 0) is 31.9 Å². The Balaban J connectivity index is 1.46. The van der Waals surface area contributed by atoms with Crippen LogP contribution < -0.4 is 0 Å². The second kappa shape index (κ2) is 6.89. The molecule has 1 aliphatic heterocycles. The van der Waals surface area contributed by atoms with Crippen LogP contribution in [0.3, 0.4) is 0 Å². The molecule has 0 spiro atoms. The van der Waals surface area contributed by atoms with E-state index in [1.165, 1.54) is 0 Å². The Morgan fingerprint density at radius 3 is 3.09 bits per heavy atom. The lowest BCUT2D eigenvalue weighted by molar-refractivity contribution is -0.159. The molecular formula is C16H19NO5. The first kappa shape index (κ1) is 15.0. The normalized spacial score (nSPS) is 19.4. The summed E-state index contributed by atoms with van der Waals surface area (Å²) in [5.74, 6) is -0.0545. The van der Waals surface area contributed by atoms with Gasteiger partial charge in [0.1, 0.15) is 5.52 Å². The number of carbonyl (C=O) groups excluding carboxylic acids is 1. The van der Waals surface area contributed by atoms with Gasteiger partial charge in [-0.25, -0.2) is 9.78 Å². The Labute approximate surface area is 128 Å². The van der Waals surface area contributed by atoms with Crippen LogP contribution in [0.5, 0.6) is 0 Å². The molecule has 2 aromatic rings. The summed E-state index contributed by atoms with van der Waals surface area (Å²) < 4.78 is 21.6. The number of para-hydroxylation sites is 2. The number of hydrogen-bond acceptors (Lipinski definition) is 6. The molecule has 0 saturated carbocycles. The van der Waals surface area contributed by atoms with E-state index in [-0.39, 0.29) is 12.7 Å². The number of carbonyl (C=O) groups is 1. The Morgan fingerprint density at radius 2 is 2.32 bits per heavy atom. The second-order valence-corrected chi connectivity index (χ2v) is 5.29. The van der Waals surface area contributed by atoms with Crippen molar-refractivity contribution in [2.75, 3.05) is 13.2 Å². The van der Waals surface area contributed by atoms with Gasteiger partial charge in [0.15, 0.2) is 18.3 Å². The van der Waals surface area contributed by atoms with Crippen molar-refractivity contribution in [1.29, 1.82) is 0 Å². The summed E-state index contributed by atoms with van der Waals surface area (Å²) >= 11 is 0. The summed E-state index contributed by atoms with van der Waals surface area (Å²) in [5.41, 5.74) is 1.42. The van der Waals surface area contributed by atoms with Crippen LogP contribution in [-0.2, 0) is 25.6 Å². The lowest BCUT2D eigenvalue weighted by Gasteiger charge is -2.14. The van der Waals surface area contributed by atoms with Gasteiger partial charge in [-0.3, -0.25) is 0 Å². The third-order valence-electron chi connectivity index (χ3n) is 3.56. The molecule has 0 bridgehead atoms. The van der Waals surface area contributed by atoms with E-state index in [0.29, 0.717) is 18.1 Å². The number of esters is 1. The van der Waals surface area contributed by atoms with E-state index in [1.54, 1.807) is 6.92 Å². The monoisotopic (exact) mass is 305 g/mol. The lowest BCUT2D eigenvalue weighted by Crippen LogP contribution is -2.27. The first-order valence-corrected chi connectivity index (χ1v) is 7.46. The molecule has 2 atom stereocenters. The van der Waals surface area contributed by atoms with Crippen molar-refractivity contribution in [2.45, 2.75) is 38.6 Å². The minimum absolute atomic E-state index is 0.00113. The highest BCUT2D eigenvalue weighted by Crippen LogP contribution is 2.16. The molecule has 3 rings (SSSR count). The highest BCUT2D eigenvalue weighted by molar-refractivity contribution is 5.74. The fourth-order valence-electron chi connectivity index (χ4n) is 2.33. The molecule has 6 nitrogen and oxygen atoms in total. The molecule has 22 heavy (non-hydrogen) atoms. The van der Waals surface area contributed by atoms with Crippen molar-refractivity contribution in [3.8, 4) is 0 Å². The topological polar surface area (TPSA) is 70.8 Å². The molecule has 2 heterocycles. The molecule has 0 aliphatic carbocycles. The van der Waals surface area contributed by atoms with Crippen LogP contribution in [0.25, 0.3) is 11.1 Å². The van der Waals surface area contributed by atoms with E-state index >= 15 is 0 Å². The van der Waals surface area contributed by atoms with Gasteiger partial charge < -0.3 is 18.6 Å². The fraction of sp³-hybridized carbons (Fsp3) is 0.500. The van der Waals surface area contributed by atoms with Crippen LogP contribution in [0, 0.1) is 0 Å². The highest BCUT2D eigenvalue weighted by atomic mass is 16.6. The number of oxazole rings is 1. The van der Waals surface area contributed by atoms with Gasteiger partial charge in [0.25, 0.3) is 0 Å². The lowest BCUT2D eigenvalue weighted by atomic mass is 10.2. The van der Waals surface area contributed by atoms with Crippen molar-refractivity contribution in [1.82, 2.24) is 4.98 Å². The molecule has 1 aromatic carbocycles. The predicted octanol–water partition coefficient (Wildman–Crippen LogP) is 2.46.